The van der Waals surface area contributed by atoms with Crippen LogP contribution in [0.4, 0.5) is 5.95 Å². The van der Waals surface area contributed by atoms with Crippen LogP contribution >= 0.6 is 0 Å². The van der Waals surface area contributed by atoms with E-state index < -0.39 is 0 Å². The standard InChI is InChI=1S/C22H25N5/c1-25(22-24-20-12-6-10-18(14-23)21(20)26(22)2)19-11-7-13-27(16-19)15-17-8-4-3-5-9-17/h3-6,8-10,12,19H,7,11,13,15-16H2,1-2H3. The molecule has 2 heterocycles. The summed E-state index contributed by atoms with van der Waals surface area (Å²) in [7, 11) is 4.14. The van der Waals surface area contributed by atoms with Crippen LogP contribution in [-0.4, -0.2) is 40.6 Å². The molecule has 5 nitrogen and oxygen atoms in total. The molecular weight excluding hydrogens is 334 g/mol. The maximum absolute atomic E-state index is 9.42. The number of nitriles is 1. The summed E-state index contributed by atoms with van der Waals surface area (Å²) in [6.07, 6.45) is 2.35. The number of aryl methyl sites for hydroxylation is 1. The highest BCUT2D eigenvalue weighted by molar-refractivity contribution is 5.84. The van der Waals surface area contributed by atoms with Gasteiger partial charge in [-0.2, -0.15) is 5.26 Å². The summed E-state index contributed by atoms with van der Waals surface area (Å²) in [5, 5.41) is 9.42. The van der Waals surface area contributed by atoms with Crippen LogP contribution in [-0.2, 0) is 13.6 Å². The van der Waals surface area contributed by atoms with Gasteiger partial charge in [-0.05, 0) is 37.1 Å². The lowest BCUT2D eigenvalue weighted by atomic mass is 10.0. The lowest BCUT2D eigenvalue weighted by Gasteiger charge is -2.38. The molecule has 3 aromatic rings. The van der Waals surface area contributed by atoms with Crippen molar-refractivity contribution in [3.05, 3.63) is 59.7 Å². The van der Waals surface area contributed by atoms with Crippen molar-refractivity contribution in [1.82, 2.24) is 14.5 Å². The second kappa shape index (κ2) is 7.42. The Kier molecular flexibility index (Phi) is 4.83. The Morgan fingerprint density at radius 1 is 1.19 bits per heavy atom. The second-order valence-corrected chi connectivity index (χ2v) is 7.38. The van der Waals surface area contributed by atoms with Crippen LogP contribution in [0.2, 0.25) is 0 Å². The van der Waals surface area contributed by atoms with E-state index in [0.29, 0.717) is 11.6 Å². The summed E-state index contributed by atoms with van der Waals surface area (Å²) >= 11 is 0. The van der Waals surface area contributed by atoms with E-state index in [1.165, 1.54) is 12.0 Å². The molecule has 1 aliphatic rings. The smallest absolute Gasteiger partial charge is 0.206 e. The van der Waals surface area contributed by atoms with E-state index in [1.54, 1.807) is 0 Å². The minimum atomic E-state index is 0.420. The van der Waals surface area contributed by atoms with Gasteiger partial charge in [0.2, 0.25) is 5.95 Å². The summed E-state index contributed by atoms with van der Waals surface area (Å²) in [6, 6.07) is 19.1. The van der Waals surface area contributed by atoms with Gasteiger partial charge in [0, 0.05) is 33.2 Å². The molecule has 0 spiro atoms. The minimum Gasteiger partial charge on any atom is -0.341 e. The van der Waals surface area contributed by atoms with Crippen LogP contribution < -0.4 is 4.90 Å². The minimum absolute atomic E-state index is 0.420. The Hall–Kier alpha value is -2.84. The monoisotopic (exact) mass is 359 g/mol. The summed E-state index contributed by atoms with van der Waals surface area (Å²) in [5.41, 5.74) is 3.84. The quantitative estimate of drug-likeness (QED) is 0.715. The largest absolute Gasteiger partial charge is 0.341 e. The third kappa shape index (κ3) is 3.41. The first-order chi connectivity index (χ1) is 13.2. The molecule has 1 saturated heterocycles. The third-order valence-electron chi connectivity index (χ3n) is 5.58. The Morgan fingerprint density at radius 3 is 2.78 bits per heavy atom. The van der Waals surface area contributed by atoms with Crippen molar-refractivity contribution in [3.63, 3.8) is 0 Å². The average molecular weight is 359 g/mol. The molecule has 0 aliphatic carbocycles. The number of benzene rings is 2. The van der Waals surface area contributed by atoms with Crippen LogP contribution in [0.15, 0.2) is 48.5 Å². The Bertz CT molecular complexity index is 970. The van der Waals surface area contributed by atoms with Gasteiger partial charge in [-0.3, -0.25) is 4.90 Å². The molecule has 1 aliphatic heterocycles. The molecular formula is C22H25N5. The number of para-hydroxylation sites is 1. The van der Waals surface area contributed by atoms with Crippen molar-refractivity contribution in [2.45, 2.75) is 25.4 Å². The van der Waals surface area contributed by atoms with E-state index in [-0.39, 0.29) is 0 Å². The highest BCUT2D eigenvalue weighted by atomic mass is 15.3. The number of aromatic nitrogens is 2. The molecule has 0 N–H and O–H groups in total. The Balaban J connectivity index is 1.56. The Labute approximate surface area is 160 Å². The number of nitrogens with zero attached hydrogens (tertiary/aromatic N) is 5. The number of hydrogen-bond acceptors (Lipinski definition) is 4. The molecule has 0 bridgehead atoms. The molecule has 27 heavy (non-hydrogen) atoms. The molecule has 0 radical (unpaired) electrons. The number of rotatable bonds is 4. The molecule has 1 unspecified atom stereocenters. The molecule has 1 fully saturated rings. The molecule has 0 saturated carbocycles. The van der Waals surface area contributed by atoms with Gasteiger partial charge in [0.1, 0.15) is 6.07 Å². The molecule has 2 aromatic carbocycles. The van der Waals surface area contributed by atoms with Gasteiger partial charge in [0.25, 0.3) is 0 Å². The number of anilines is 1. The van der Waals surface area contributed by atoms with Gasteiger partial charge in [-0.25, -0.2) is 4.98 Å². The maximum atomic E-state index is 9.42. The zero-order chi connectivity index (χ0) is 18.8. The van der Waals surface area contributed by atoms with Crippen LogP contribution in [0.25, 0.3) is 11.0 Å². The number of likely N-dealkylation sites (N-methyl/N-ethyl adjacent to an activating group) is 1. The average Bonchev–Trinajstić information content (AvgIpc) is 3.05. The number of likely N-dealkylation sites (tertiary alicyclic amines) is 1. The van der Waals surface area contributed by atoms with E-state index in [1.807, 2.05) is 25.2 Å². The fourth-order valence-corrected chi connectivity index (χ4v) is 4.16. The molecule has 4 rings (SSSR count). The van der Waals surface area contributed by atoms with Crippen LogP contribution in [0.1, 0.15) is 24.0 Å². The molecule has 1 aromatic heterocycles. The molecule has 138 valence electrons. The fourth-order valence-electron chi connectivity index (χ4n) is 4.16. The molecule has 0 amide bonds. The summed E-state index contributed by atoms with van der Waals surface area (Å²) < 4.78 is 2.06. The second-order valence-electron chi connectivity index (χ2n) is 7.38. The Morgan fingerprint density at radius 2 is 2.00 bits per heavy atom. The van der Waals surface area contributed by atoms with Crippen LogP contribution in [0.5, 0.6) is 0 Å². The van der Waals surface area contributed by atoms with Gasteiger partial charge in [-0.1, -0.05) is 36.4 Å². The highest BCUT2D eigenvalue weighted by Gasteiger charge is 2.26. The predicted octanol–water partition coefficient (Wildman–Crippen LogP) is 3.55. The summed E-state index contributed by atoms with van der Waals surface area (Å²) in [5.74, 6) is 0.930. The van der Waals surface area contributed by atoms with E-state index >= 15 is 0 Å². The fraction of sp³-hybridized carbons (Fsp3) is 0.364. The van der Waals surface area contributed by atoms with E-state index in [2.05, 4.69) is 57.8 Å². The van der Waals surface area contributed by atoms with Gasteiger partial charge in [-0.15, -0.1) is 0 Å². The first kappa shape index (κ1) is 17.6. The number of piperidine rings is 1. The number of fused-ring (bicyclic) bond motifs is 1. The van der Waals surface area contributed by atoms with Gasteiger partial charge < -0.3 is 9.47 Å². The topological polar surface area (TPSA) is 48.1 Å². The van der Waals surface area contributed by atoms with Crippen molar-refractivity contribution in [1.29, 1.82) is 5.26 Å². The number of imidazole rings is 1. The molecule has 1 atom stereocenters. The normalized spacial score (nSPS) is 17.7. The van der Waals surface area contributed by atoms with E-state index in [4.69, 9.17) is 4.98 Å². The van der Waals surface area contributed by atoms with E-state index in [9.17, 15) is 5.26 Å². The van der Waals surface area contributed by atoms with Crippen LogP contribution in [0.3, 0.4) is 0 Å². The van der Waals surface area contributed by atoms with Crippen molar-refractivity contribution in [2.24, 2.45) is 7.05 Å². The zero-order valence-corrected chi connectivity index (χ0v) is 16.0. The SMILES string of the molecule is CN(c1nc2cccc(C#N)c2n1C)C1CCCN(Cc2ccccc2)C1. The predicted molar refractivity (Wildman–Crippen MR) is 109 cm³/mol. The van der Waals surface area contributed by atoms with Crippen molar-refractivity contribution < 1.29 is 0 Å². The third-order valence-corrected chi connectivity index (χ3v) is 5.58. The molecule has 5 heteroatoms. The van der Waals surface area contributed by atoms with Crippen LogP contribution in [0, 0.1) is 11.3 Å². The summed E-state index contributed by atoms with van der Waals surface area (Å²) in [6.45, 7) is 3.16. The van der Waals surface area contributed by atoms with E-state index in [0.717, 1.165) is 43.0 Å². The summed E-state index contributed by atoms with van der Waals surface area (Å²) in [4.78, 5) is 9.65. The lowest BCUT2D eigenvalue weighted by Crippen LogP contribution is -2.47. The zero-order valence-electron chi connectivity index (χ0n) is 16.0. The van der Waals surface area contributed by atoms with Gasteiger partial charge in [0.05, 0.1) is 16.6 Å². The maximum Gasteiger partial charge on any atom is 0.206 e. The van der Waals surface area contributed by atoms with Crippen molar-refractivity contribution in [3.8, 4) is 6.07 Å². The van der Waals surface area contributed by atoms with Crippen molar-refractivity contribution in [2.75, 3.05) is 25.0 Å². The highest BCUT2D eigenvalue weighted by Crippen LogP contribution is 2.27. The number of hydrogen-bond donors (Lipinski definition) is 0. The first-order valence-electron chi connectivity index (χ1n) is 9.52. The first-order valence-corrected chi connectivity index (χ1v) is 9.52. The van der Waals surface area contributed by atoms with Crippen molar-refractivity contribution >= 4 is 17.0 Å². The van der Waals surface area contributed by atoms with Gasteiger partial charge in [0.15, 0.2) is 0 Å². The lowest BCUT2D eigenvalue weighted by molar-refractivity contribution is 0.198. The van der Waals surface area contributed by atoms with Gasteiger partial charge >= 0.3 is 0 Å².